The van der Waals surface area contributed by atoms with Crippen LogP contribution in [0.25, 0.3) is 0 Å². The number of rotatable bonds is 4. The number of ether oxygens (including phenoxy) is 3. The van der Waals surface area contributed by atoms with E-state index in [0.717, 1.165) is 5.56 Å². The molecule has 6 heteroatoms. The number of benzene rings is 2. The lowest BCUT2D eigenvalue weighted by molar-refractivity contribution is 0.173. The number of hydrogen-bond acceptors (Lipinski definition) is 4. The molecule has 0 atom stereocenters. The molecule has 1 aliphatic rings. The number of halogens is 2. The van der Waals surface area contributed by atoms with Gasteiger partial charge in [0, 0.05) is 17.2 Å². The molecule has 0 spiro atoms. The van der Waals surface area contributed by atoms with Crippen molar-refractivity contribution in [1.29, 1.82) is 0 Å². The number of aliphatic hydroxyl groups excluding tert-OH is 1. The predicted molar refractivity (Wildman–Crippen MR) is 79.3 cm³/mol. The molecule has 1 aliphatic heterocycles. The van der Waals surface area contributed by atoms with Crippen LogP contribution in [0.5, 0.6) is 17.2 Å². The van der Waals surface area contributed by atoms with E-state index in [9.17, 15) is 5.11 Å². The summed E-state index contributed by atoms with van der Waals surface area (Å²) in [6.07, 6.45) is 0. The second-order valence-electron chi connectivity index (χ2n) is 4.47. The first-order valence-electron chi connectivity index (χ1n) is 6.28. The Morgan fingerprint density at radius 3 is 2.62 bits per heavy atom. The fourth-order valence-corrected chi connectivity index (χ4v) is 2.41. The summed E-state index contributed by atoms with van der Waals surface area (Å²) in [5.41, 5.74) is 1.39. The average Bonchev–Trinajstić information content (AvgIpc) is 2.95. The zero-order chi connectivity index (χ0) is 14.8. The van der Waals surface area contributed by atoms with Gasteiger partial charge in [-0.1, -0.05) is 35.3 Å². The molecule has 0 aliphatic carbocycles. The lowest BCUT2D eigenvalue weighted by Crippen LogP contribution is -2.00. The Kier molecular flexibility index (Phi) is 4.10. The van der Waals surface area contributed by atoms with Crippen LogP contribution in [-0.2, 0) is 13.2 Å². The second kappa shape index (κ2) is 6.02. The number of hydrogen-bond donors (Lipinski definition) is 1. The summed E-state index contributed by atoms with van der Waals surface area (Å²) in [5.74, 6) is 1.73. The summed E-state index contributed by atoms with van der Waals surface area (Å²) >= 11 is 12.1. The molecule has 21 heavy (non-hydrogen) atoms. The smallest absolute Gasteiger partial charge is 0.231 e. The van der Waals surface area contributed by atoms with Crippen molar-refractivity contribution in [3.8, 4) is 17.2 Å². The molecule has 110 valence electrons. The highest BCUT2D eigenvalue weighted by Crippen LogP contribution is 2.38. The normalized spacial score (nSPS) is 12.5. The fraction of sp³-hybridized carbons (Fsp3) is 0.200. The minimum atomic E-state index is -0.157. The Morgan fingerprint density at radius 2 is 1.86 bits per heavy atom. The first kappa shape index (κ1) is 14.3. The van der Waals surface area contributed by atoms with Gasteiger partial charge in [0.05, 0.1) is 16.7 Å². The van der Waals surface area contributed by atoms with Gasteiger partial charge in [0.2, 0.25) is 6.79 Å². The van der Waals surface area contributed by atoms with Gasteiger partial charge in [0.15, 0.2) is 11.5 Å². The maximum absolute atomic E-state index is 9.42. The summed E-state index contributed by atoms with van der Waals surface area (Å²) in [5, 5.41) is 10.4. The number of aliphatic hydroxyl groups is 1. The molecule has 0 aromatic heterocycles. The first-order chi connectivity index (χ1) is 10.2. The van der Waals surface area contributed by atoms with E-state index in [4.69, 9.17) is 37.4 Å². The summed E-state index contributed by atoms with van der Waals surface area (Å²) in [7, 11) is 0. The summed E-state index contributed by atoms with van der Waals surface area (Å²) in [6, 6.07) is 8.76. The average molecular weight is 327 g/mol. The molecule has 3 rings (SSSR count). The van der Waals surface area contributed by atoms with Gasteiger partial charge in [-0.3, -0.25) is 0 Å². The van der Waals surface area contributed by atoms with E-state index >= 15 is 0 Å². The Balaban J connectivity index is 1.83. The fourth-order valence-electron chi connectivity index (χ4n) is 2.04. The summed E-state index contributed by atoms with van der Waals surface area (Å²) < 4.78 is 16.3. The van der Waals surface area contributed by atoms with E-state index in [0.29, 0.717) is 32.9 Å². The summed E-state index contributed by atoms with van der Waals surface area (Å²) in [4.78, 5) is 0. The molecule has 0 unspecified atom stereocenters. The third-order valence-corrected chi connectivity index (χ3v) is 4.00. The van der Waals surface area contributed by atoms with Crippen LogP contribution in [0.4, 0.5) is 0 Å². The van der Waals surface area contributed by atoms with E-state index in [1.807, 2.05) is 6.07 Å². The molecule has 2 aromatic rings. The van der Waals surface area contributed by atoms with Crippen molar-refractivity contribution in [2.45, 2.75) is 13.2 Å². The Morgan fingerprint density at radius 1 is 1.10 bits per heavy atom. The first-order valence-corrected chi connectivity index (χ1v) is 7.03. The molecule has 0 bridgehead atoms. The Labute approximate surface area is 131 Å². The zero-order valence-corrected chi connectivity index (χ0v) is 12.4. The molecule has 0 saturated carbocycles. The Hall–Kier alpha value is -1.62. The summed E-state index contributed by atoms with van der Waals surface area (Å²) in [6.45, 7) is 0.255. The molecule has 0 saturated heterocycles. The van der Waals surface area contributed by atoms with Crippen LogP contribution >= 0.6 is 23.2 Å². The highest BCUT2D eigenvalue weighted by atomic mass is 35.5. The van der Waals surface area contributed by atoms with Gasteiger partial charge in [-0.2, -0.15) is 0 Å². The van der Waals surface area contributed by atoms with Gasteiger partial charge in [-0.15, -0.1) is 0 Å². The van der Waals surface area contributed by atoms with Gasteiger partial charge in [0.25, 0.3) is 0 Å². The monoisotopic (exact) mass is 326 g/mol. The van der Waals surface area contributed by atoms with Crippen LogP contribution in [-0.4, -0.2) is 11.9 Å². The SMILES string of the molecule is OCc1cc2c(cc1OCc1cccc(Cl)c1Cl)OCO2. The van der Waals surface area contributed by atoms with Crippen LogP contribution in [0.3, 0.4) is 0 Å². The minimum absolute atomic E-state index is 0.157. The second-order valence-corrected chi connectivity index (χ2v) is 5.26. The maximum Gasteiger partial charge on any atom is 0.231 e. The van der Waals surface area contributed by atoms with Crippen molar-refractivity contribution in [1.82, 2.24) is 0 Å². The highest BCUT2D eigenvalue weighted by molar-refractivity contribution is 6.42. The molecule has 0 fully saturated rings. The van der Waals surface area contributed by atoms with Gasteiger partial charge in [-0.05, 0) is 12.1 Å². The van der Waals surface area contributed by atoms with Gasteiger partial charge in [-0.25, -0.2) is 0 Å². The van der Waals surface area contributed by atoms with Crippen LogP contribution < -0.4 is 14.2 Å². The lowest BCUT2D eigenvalue weighted by Gasteiger charge is -2.12. The predicted octanol–water partition coefficient (Wildman–Crippen LogP) is 3.79. The topological polar surface area (TPSA) is 47.9 Å². The maximum atomic E-state index is 9.42. The molecule has 1 N–H and O–H groups in total. The lowest BCUT2D eigenvalue weighted by atomic mass is 10.2. The van der Waals surface area contributed by atoms with Crippen molar-refractivity contribution < 1.29 is 19.3 Å². The minimum Gasteiger partial charge on any atom is -0.488 e. The quantitative estimate of drug-likeness (QED) is 0.928. The van der Waals surface area contributed by atoms with Crippen molar-refractivity contribution in [3.63, 3.8) is 0 Å². The molecular formula is C15H12Cl2O4. The van der Waals surface area contributed by atoms with Crippen LogP contribution in [0.2, 0.25) is 10.0 Å². The molecule has 1 heterocycles. The Bertz CT molecular complexity index is 673. The molecule has 4 nitrogen and oxygen atoms in total. The third-order valence-electron chi connectivity index (χ3n) is 3.14. The highest BCUT2D eigenvalue weighted by Gasteiger charge is 2.18. The largest absolute Gasteiger partial charge is 0.488 e. The van der Waals surface area contributed by atoms with Crippen LogP contribution in [0.1, 0.15) is 11.1 Å². The van der Waals surface area contributed by atoms with Gasteiger partial charge in [0.1, 0.15) is 12.4 Å². The molecule has 2 aromatic carbocycles. The van der Waals surface area contributed by atoms with Crippen molar-refractivity contribution in [3.05, 3.63) is 51.5 Å². The van der Waals surface area contributed by atoms with Crippen molar-refractivity contribution >= 4 is 23.2 Å². The van der Waals surface area contributed by atoms with Crippen molar-refractivity contribution in [2.24, 2.45) is 0 Å². The van der Waals surface area contributed by atoms with E-state index in [1.165, 1.54) is 0 Å². The van der Waals surface area contributed by atoms with E-state index in [-0.39, 0.29) is 20.0 Å². The third kappa shape index (κ3) is 2.88. The van der Waals surface area contributed by atoms with E-state index in [1.54, 1.807) is 24.3 Å². The number of fused-ring (bicyclic) bond motifs is 1. The molecule has 0 radical (unpaired) electrons. The zero-order valence-electron chi connectivity index (χ0n) is 10.9. The standard InChI is InChI=1S/C15H12Cl2O4/c16-11-3-1-2-9(15(11)17)7-19-12-5-14-13(20-8-21-14)4-10(12)6-18/h1-5,18H,6-8H2. The van der Waals surface area contributed by atoms with Crippen LogP contribution in [0, 0.1) is 0 Å². The van der Waals surface area contributed by atoms with E-state index in [2.05, 4.69) is 0 Å². The molecular weight excluding hydrogens is 315 g/mol. The molecule has 0 amide bonds. The van der Waals surface area contributed by atoms with Gasteiger partial charge >= 0.3 is 0 Å². The van der Waals surface area contributed by atoms with Crippen molar-refractivity contribution in [2.75, 3.05) is 6.79 Å². The van der Waals surface area contributed by atoms with Crippen LogP contribution in [0.15, 0.2) is 30.3 Å². The van der Waals surface area contributed by atoms with E-state index < -0.39 is 0 Å². The van der Waals surface area contributed by atoms with Gasteiger partial charge < -0.3 is 19.3 Å².